The SMILES string of the molecule is CCCC1(CNC(=O)C2CCCC2CN)CC1. The zero-order chi connectivity index (χ0) is 12.3. The molecule has 98 valence electrons. The predicted molar refractivity (Wildman–Crippen MR) is 69.5 cm³/mol. The molecule has 0 radical (unpaired) electrons. The van der Waals surface area contributed by atoms with Gasteiger partial charge in [-0.1, -0.05) is 19.8 Å². The zero-order valence-electron chi connectivity index (χ0n) is 11.0. The Hall–Kier alpha value is -0.570. The van der Waals surface area contributed by atoms with Gasteiger partial charge in [0.2, 0.25) is 5.91 Å². The zero-order valence-corrected chi connectivity index (χ0v) is 11.0. The minimum atomic E-state index is 0.192. The molecule has 0 aliphatic heterocycles. The molecule has 0 aromatic heterocycles. The molecule has 2 aliphatic carbocycles. The van der Waals surface area contributed by atoms with Gasteiger partial charge in [-0.3, -0.25) is 4.79 Å². The van der Waals surface area contributed by atoms with Gasteiger partial charge in [0.15, 0.2) is 0 Å². The Morgan fingerprint density at radius 1 is 1.41 bits per heavy atom. The normalized spacial score (nSPS) is 30.2. The fraction of sp³-hybridized carbons (Fsp3) is 0.929. The topological polar surface area (TPSA) is 55.1 Å². The van der Waals surface area contributed by atoms with Crippen LogP contribution in [-0.2, 0) is 4.79 Å². The third kappa shape index (κ3) is 3.01. The number of hydrogen-bond donors (Lipinski definition) is 2. The summed E-state index contributed by atoms with van der Waals surface area (Å²) in [5, 5.41) is 3.18. The summed E-state index contributed by atoms with van der Waals surface area (Å²) >= 11 is 0. The van der Waals surface area contributed by atoms with Crippen molar-refractivity contribution in [3.05, 3.63) is 0 Å². The van der Waals surface area contributed by atoms with Crippen molar-refractivity contribution in [3.8, 4) is 0 Å². The molecule has 2 rings (SSSR count). The highest BCUT2D eigenvalue weighted by atomic mass is 16.1. The second-order valence-electron chi connectivity index (χ2n) is 6.00. The van der Waals surface area contributed by atoms with Crippen molar-refractivity contribution in [3.63, 3.8) is 0 Å². The lowest BCUT2D eigenvalue weighted by atomic mass is 9.94. The standard InChI is InChI=1S/C14H26N2O/c1-2-6-14(7-8-14)10-16-13(17)12-5-3-4-11(12)9-15/h11-12H,2-10,15H2,1H3,(H,16,17). The molecule has 2 fully saturated rings. The second-order valence-corrected chi connectivity index (χ2v) is 6.00. The number of nitrogens with two attached hydrogens (primary N) is 1. The first-order chi connectivity index (χ1) is 8.21. The molecule has 2 unspecified atom stereocenters. The van der Waals surface area contributed by atoms with Crippen molar-refractivity contribution < 1.29 is 4.79 Å². The van der Waals surface area contributed by atoms with E-state index < -0.39 is 0 Å². The smallest absolute Gasteiger partial charge is 0.223 e. The molecule has 3 heteroatoms. The summed E-state index contributed by atoms with van der Waals surface area (Å²) in [5.41, 5.74) is 6.18. The molecule has 0 heterocycles. The minimum Gasteiger partial charge on any atom is -0.355 e. The van der Waals surface area contributed by atoms with Crippen LogP contribution in [0.1, 0.15) is 51.9 Å². The van der Waals surface area contributed by atoms with Crippen molar-refractivity contribution >= 4 is 5.91 Å². The van der Waals surface area contributed by atoms with Crippen LogP contribution in [0.2, 0.25) is 0 Å². The first-order valence-corrected chi connectivity index (χ1v) is 7.18. The first-order valence-electron chi connectivity index (χ1n) is 7.18. The van der Waals surface area contributed by atoms with Gasteiger partial charge in [0.25, 0.3) is 0 Å². The van der Waals surface area contributed by atoms with Gasteiger partial charge in [-0.05, 0) is 50.0 Å². The number of nitrogens with one attached hydrogen (secondary N) is 1. The van der Waals surface area contributed by atoms with Crippen LogP contribution in [-0.4, -0.2) is 19.0 Å². The number of carbonyl (C=O) groups is 1. The van der Waals surface area contributed by atoms with Crippen LogP contribution in [0, 0.1) is 17.3 Å². The van der Waals surface area contributed by atoms with Crippen molar-refractivity contribution in [2.24, 2.45) is 23.0 Å². The van der Waals surface area contributed by atoms with E-state index >= 15 is 0 Å². The van der Waals surface area contributed by atoms with Gasteiger partial charge in [0.05, 0.1) is 0 Å². The maximum atomic E-state index is 12.1. The average Bonchev–Trinajstić information content (AvgIpc) is 2.93. The quantitative estimate of drug-likeness (QED) is 0.744. The van der Waals surface area contributed by atoms with Crippen molar-refractivity contribution in [1.29, 1.82) is 0 Å². The van der Waals surface area contributed by atoms with Gasteiger partial charge in [-0.25, -0.2) is 0 Å². The second kappa shape index (κ2) is 5.38. The highest BCUT2D eigenvalue weighted by Gasteiger charge is 2.42. The molecule has 1 amide bonds. The Bertz CT molecular complexity index is 273. The van der Waals surface area contributed by atoms with E-state index in [1.54, 1.807) is 0 Å². The van der Waals surface area contributed by atoms with Crippen LogP contribution in [0.5, 0.6) is 0 Å². The summed E-state index contributed by atoms with van der Waals surface area (Å²) in [6, 6.07) is 0. The van der Waals surface area contributed by atoms with Gasteiger partial charge < -0.3 is 11.1 Å². The van der Waals surface area contributed by atoms with E-state index in [-0.39, 0.29) is 11.8 Å². The maximum absolute atomic E-state index is 12.1. The van der Waals surface area contributed by atoms with Gasteiger partial charge in [0, 0.05) is 12.5 Å². The Kier molecular flexibility index (Phi) is 4.08. The third-order valence-corrected chi connectivity index (χ3v) is 4.67. The summed E-state index contributed by atoms with van der Waals surface area (Å²) in [7, 11) is 0. The van der Waals surface area contributed by atoms with Gasteiger partial charge in [-0.15, -0.1) is 0 Å². The minimum absolute atomic E-state index is 0.192. The number of carbonyl (C=O) groups excluding carboxylic acids is 1. The lowest BCUT2D eigenvalue weighted by molar-refractivity contribution is -0.126. The Morgan fingerprint density at radius 2 is 2.18 bits per heavy atom. The Morgan fingerprint density at radius 3 is 2.76 bits per heavy atom. The van der Waals surface area contributed by atoms with E-state index in [2.05, 4.69) is 12.2 Å². The van der Waals surface area contributed by atoms with Crippen LogP contribution >= 0.6 is 0 Å². The summed E-state index contributed by atoms with van der Waals surface area (Å²) in [4.78, 5) is 12.1. The average molecular weight is 238 g/mol. The predicted octanol–water partition coefficient (Wildman–Crippen LogP) is 2.06. The Balaban J connectivity index is 1.77. The number of amides is 1. The molecule has 0 saturated heterocycles. The van der Waals surface area contributed by atoms with Crippen LogP contribution in [0.15, 0.2) is 0 Å². The molecular weight excluding hydrogens is 212 g/mol. The molecule has 0 aromatic carbocycles. The van der Waals surface area contributed by atoms with Crippen molar-refractivity contribution in [2.45, 2.75) is 51.9 Å². The summed E-state index contributed by atoms with van der Waals surface area (Å²) < 4.78 is 0. The van der Waals surface area contributed by atoms with Crippen LogP contribution in [0.25, 0.3) is 0 Å². The van der Waals surface area contributed by atoms with Crippen molar-refractivity contribution in [1.82, 2.24) is 5.32 Å². The van der Waals surface area contributed by atoms with Crippen LogP contribution < -0.4 is 11.1 Å². The summed E-state index contributed by atoms with van der Waals surface area (Å²) in [6.07, 6.45) is 8.42. The fourth-order valence-electron chi connectivity index (χ4n) is 3.29. The van der Waals surface area contributed by atoms with E-state index in [1.807, 2.05) is 0 Å². The van der Waals surface area contributed by atoms with Crippen molar-refractivity contribution in [2.75, 3.05) is 13.1 Å². The lowest BCUT2D eigenvalue weighted by Crippen LogP contribution is -2.38. The Labute approximate surface area is 105 Å². The monoisotopic (exact) mass is 238 g/mol. The first kappa shape index (κ1) is 12.9. The van der Waals surface area contributed by atoms with E-state index in [0.29, 0.717) is 17.9 Å². The molecule has 2 aliphatic rings. The largest absolute Gasteiger partial charge is 0.355 e. The van der Waals surface area contributed by atoms with Crippen LogP contribution in [0.3, 0.4) is 0 Å². The van der Waals surface area contributed by atoms with E-state index in [9.17, 15) is 4.79 Å². The molecule has 3 nitrogen and oxygen atoms in total. The highest BCUT2D eigenvalue weighted by Crippen LogP contribution is 2.49. The lowest BCUT2D eigenvalue weighted by Gasteiger charge is -2.20. The molecule has 0 bridgehead atoms. The summed E-state index contributed by atoms with van der Waals surface area (Å²) in [5.74, 6) is 0.883. The molecular formula is C14H26N2O. The van der Waals surface area contributed by atoms with E-state index in [4.69, 9.17) is 5.73 Å². The number of rotatable bonds is 6. The molecule has 17 heavy (non-hydrogen) atoms. The van der Waals surface area contributed by atoms with E-state index in [1.165, 1.54) is 32.1 Å². The maximum Gasteiger partial charge on any atom is 0.223 e. The fourth-order valence-corrected chi connectivity index (χ4v) is 3.29. The van der Waals surface area contributed by atoms with Gasteiger partial charge in [-0.2, -0.15) is 0 Å². The van der Waals surface area contributed by atoms with Gasteiger partial charge in [0.1, 0.15) is 0 Å². The summed E-state index contributed by atoms with van der Waals surface area (Å²) in [6.45, 7) is 3.79. The molecule has 0 aromatic rings. The molecule has 3 N–H and O–H groups in total. The van der Waals surface area contributed by atoms with Crippen LogP contribution in [0.4, 0.5) is 0 Å². The number of hydrogen-bond acceptors (Lipinski definition) is 2. The third-order valence-electron chi connectivity index (χ3n) is 4.67. The highest BCUT2D eigenvalue weighted by molar-refractivity contribution is 5.79. The molecule has 2 saturated carbocycles. The molecule has 0 spiro atoms. The molecule has 2 atom stereocenters. The van der Waals surface area contributed by atoms with E-state index in [0.717, 1.165) is 19.4 Å². The van der Waals surface area contributed by atoms with Gasteiger partial charge >= 0.3 is 0 Å².